The van der Waals surface area contributed by atoms with E-state index in [4.69, 9.17) is 15.6 Å². The highest BCUT2D eigenvalue weighted by atomic mass is 32.2. The fraction of sp³-hybridized carbons (Fsp3) is 0.538. The van der Waals surface area contributed by atoms with Gasteiger partial charge in [0, 0.05) is 27.2 Å². The maximum absolute atomic E-state index is 12.1. The molecule has 0 aliphatic rings. The van der Waals surface area contributed by atoms with Crippen LogP contribution in [0.3, 0.4) is 0 Å². The van der Waals surface area contributed by atoms with Crippen molar-refractivity contribution in [2.75, 3.05) is 51.5 Å². The largest absolute Gasteiger partial charge is 0.397 e. The van der Waals surface area contributed by atoms with Crippen molar-refractivity contribution in [3.63, 3.8) is 0 Å². The van der Waals surface area contributed by atoms with Crippen LogP contribution in [0.5, 0.6) is 0 Å². The van der Waals surface area contributed by atoms with Crippen molar-refractivity contribution in [2.24, 2.45) is 0 Å². The van der Waals surface area contributed by atoms with Gasteiger partial charge >= 0.3 is 0 Å². The molecule has 0 amide bonds. The molecule has 0 heterocycles. The molecule has 0 unspecified atom stereocenters. The number of hydrogen-bond donors (Lipinski definition) is 3. The van der Waals surface area contributed by atoms with E-state index in [-0.39, 0.29) is 11.5 Å². The van der Waals surface area contributed by atoms with E-state index in [2.05, 4.69) is 5.32 Å². The van der Waals surface area contributed by atoms with Gasteiger partial charge in [-0.1, -0.05) is 0 Å². The second-order valence-corrected chi connectivity index (χ2v) is 6.80. The van der Waals surface area contributed by atoms with Gasteiger partial charge in [-0.05, 0) is 24.6 Å². The molecule has 0 spiro atoms. The number of rotatable bonds is 9. The van der Waals surface area contributed by atoms with Crippen LogP contribution < -0.4 is 11.1 Å². The molecule has 0 atom stereocenters. The number of hydrogen-bond acceptors (Lipinski definition) is 6. The maximum Gasteiger partial charge on any atom is 0.242 e. The highest BCUT2D eigenvalue weighted by molar-refractivity contribution is 7.89. The van der Waals surface area contributed by atoms with E-state index < -0.39 is 10.0 Å². The topological polar surface area (TPSA) is 105 Å². The van der Waals surface area contributed by atoms with Crippen LogP contribution in [0.25, 0.3) is 0 Å². The molecule has 1 rings (SSSR count). The number of aliphatic hydroxyl groups is 1. The number of sulfonamides is 1. The Balaban J connectivity index is 2.67. The molecule has 0 aliphatic carbocycles. The third kappa shape index (κ3) is 5.16. The lowest BCUT2D eigenvalue weighted by atomic mass is 10.2. The minimum atomic E-state index is -3.47. The number of anilines is 2. The second-order valence-electron chi connectivity index (χ2n) is 4.65. The van der Waals surface area contributed by atoms with Crippen LogP contribution in [0.4, 0.5) is 11.4 Å². The molecule has 7 nitrogen and oxygen atoms in total. The lowest BCUT2D eigenvalue weighted by molar-refractivity contribution is 0.0922. The molecule has 0 saturated heterocycles. The summed E-state index contributed by atoms with van der Waals surface area (Å²) in [5.74, 6) is 0. The van der Waals surface area contributed by atoms with Crippen molar-refractivity contribution in [1.82, 2.24) is 4.31 Å². The summed E-state index contributed by atoms with van der Waals surface area (Å²) in [4.78, 5) is 0.195. The molecule has 0 saturated carbocycles. The molecule has 0 bridgehead atoms. The van der Waals surface area contributed by atoms with Crippen LogP contribution in [0.2, 0.25) is 0 Å². The molecular weight excluding hydrogens is 294 g/mol. The van der Waals surface area contributed by atoms with E-state index in [9.17, 15) is 8.42 Å². The van der Waals surface area contributed by atoms with Crippen molar-refractivity contribution in [3.8, 4) is 0 Å². The lowest BCUT2D eigenvalue weighted by Gasteiger charge is -2.14. The molecule has 120 valence electrons. The number of nitrogens with one attached hydrogen (secondary N) is 1. The van der Waals surface area contributed by atoms with Crippen molar-refractivity contribution in [1.29, 1.82) is 0 Å². The van der Waals surface area contributed by atoms with E-state index in [0.29, 0.717) is 31.1 Å². The van der Waals surface area contributed by atoms with E-state index in [1.165, 1.54) is 26.2 Å². The van der Waals surface area contributed by atoms with Gasteiger partial charge in [-0.3, -0.25) is 0 Å². The summed E-state index contributed by atoms with van der Waals surface area (Å²) in [5.41, 5.74) is 6.91. The smallest absolute Gasteiger partial charge is 0.242 e. The number of nitrogens with zero attached hydrogens (tertiary/aromatic N) is 1. The van der Waals surface area contributed by atoms with Gasteiger partial charge in [0.2, 0.25) is 10.0 Å². The van der Waals surface area contributed by atoms with Gasteiger partial charge in [0.25, 0.3) is 0 Å². The number of benzene rings is 1. The fourth-order valence-electron chi connectivity index (χ4n) is 1.62. The average molecular weight is 317 g/mol. The maximum atomic E-state index is 12.1. The van der Waals surface area contributed by atoms with Crippen LogP contribution in [0.1, 0.15) is 6.42 Å². The fourth-order valence-corrected chi connectivity index (χ4v) is 2.55. The van der Waals surface area contributed by atoms with Crippen molar-refractivity contribution in [3.05, 3.63) is 18.2 Å². The number of nitrogen functional groups attached to an aromatic ring is 1. The number of aliphatic hydroxyl groups excluding tert-OH is 1. The number of nitrogens with two attached hydrogens (primary N) is 1. The highest BCUT2D eigenvalue weighted by Crippen LogP contribution is 2.24. The monoisotopic (exact) mass is 317 g/mol. The molecule has 0 fully saturated rings. The first-order valence-corrected chi connectivity index (χ1v) is 8.08. The molecule has 1 aromatic rings. The Morgan fingerprint density at radius 2 is 2.05 bits per heavy atom. The summed E-state index contributed by atoms with van der Waals surface area (Å²) < 4.78 is 30.4. The van der Waals surface area contributed by atoms with Gasteiger partial charge < -0.3 is 20.9 Å². The van der Waals surface area contributed by atoms with E-state index in [1.54, 1.807) is 6.07 Å². The lowest BCUT2D eigenvalue weighted by Crippen LogP contribution is -2.22. The Kier molecular flexibility index (Phi) is 6.90. The van der Waals surface area contributed by atoms with Crippen LogP contribution >= 0.6 is 0 Å². The van der Waals surface area contributed by atoms with E-state index in [1.807, 2.05) is 0 Å². The quantitative estimate of drug-likeness (QED) is 0.448. The van der Waals surface area contributed by atoms with Gasteiger partial charge in [-0.15, -0.1) is 0 Å². The first-order valence-electron chi connectivity index (χ1n) is 6.64. The number of ether oxygens (including phenoxy) is 1. The van der Waals surface area contributed by atoms with Crippen LogP contribution in [-0.2, 0) is 14.8 Å². The SMILES string of the molecule is CN(C)S(=O)(=O)c1ccc(N)c(NCCCOCCO)c1. The van der Waals surface area contributed by atoms with Gasteiger partial charge in [-0.25, -0.2) is 12.7 Å². The van der Waals surface area contributed by atoms with Crippen LogP contribution in [0.15, 0.2) is 23.1 Å². The zero-order valence-electron chi connectivity index (χ0n) is 12.4. The third-order valence-electron chi connectivity index (χ3n) is 2.82. The zero-order valence-corrected chi connectivity index (χ0v) is 13.2. The van der Waals surface area contributed by atoms with E-state index >= 15 is 0 Å². The van der Waals surface area contributed by atoms with Crippen molar-refractivity contribution >= 4 is 21.4 Å². The molecule has 0 radical (unpaired) electrons. The highest BCUT2D eigenvalue weighted by Gasteiger charge is 2.18. The standard InChI is InChI=1S/C13H23N3O4S/c1-16(2)21(18,19)11-4-5-12(14)13(10-11)15-6-3-8-20-9-7-17/h4-5,10,15,17H,3,6-9,14H2,1-2H3. The van der Waals surface area contributed by atoms with Crippen molar-refractivity contribution in [2.45, 2.75) is 11.3 Å². The third-order valence-corrected chi connectivity index (χ3v) is 4.63. The summed E-state index contributed by atoms with van der Waals surface area (Å²) >= 11 is 0. The van der Waals surface area contributed by atoms with Crippen molar-refractivity contribution < 1.29 is 18.3 Å². The average Bonchev–Trinajstić information content (AvgIpc) is 2.44. The molecule has 8 heteroatoms. The molecule has 21 heavy (non-hydrogen) atoms. The minimum absolute atomic E-state index is 0.00478. The first-order chi connectivity index (χ1) is 9.89. The second kappa shape index (κ2) is 8.18. The predicted octanol–water partition coefficient (Wildman–Crippen LogP) is 0.330. The normalized spacial score (nSPS) is 11.8. The molecule has 4 N–H and O–H groups in total. The van der Waals surface area contributed by atoms with E-state index in [0.717, 1.165) is 10.7 Å². The molecular formula is C13H23N3O4S. The Labute approximate surface area is 125 Å². The van der Waals surface area contributed by atoms with Crippen LogP contribution in [0, 0.1) is 0 Å². The van der Waals surface area contributed by atoms with Gasteiger partial charge in [0.1, 0.15) is 0 Å². The molecule has 0 aromatic heterocycles. The van der Waals surface area contributed by atoms with Gasteiger partial charge in [0.05, 0.1) is 29.5 Å². The Morgan fingerprint density at radius 3 is 2.67 bits per heavy atom. The summed E-state index contributed by atoms with van der Waals surface area (Å²) in [6.07, 6.45) is 0.726. The van der Waals surface area contributed by atoms with Gasteiger partial charge in [-0.2, -0.15) is 0 Å². The first kappa shape index (κ1) is 17.7. The Hall–Kier alpha value is -1.35. The Morgan fingerprint density at radius 1 is 1.33 bits per heavy atom. The Bertz CT molecular complexity index is 546. The zero-order chi connectivity index (χ0) is 15.9. The summed E-state index contributed by atoms with van der Waals surface area (Å²) in [7, 11) is -0.507. The van der Waals surface area contributed by atoms with Gasteiger partial charge in [0.15, 0.2) is 0 Å². The molecule has 1 aromatic carbocycles. The molecule has 0 aliphatic heterocycles. The minimum Gasteiger partial charge on any atom is -0.397 e. The summed E-state index contributed by atoms with van der Waals surface area (Å²) in [5, 5.41) is 11.7. The predicted molar refractivity (Wildman–Crippen MR) is 82.7 cm³/mol. The van der Waals surface area contributed by atoms with Crippen LogP contribution in [-0.4, -0.2) is 58.3 Å². The summed E-state index contributed by atoms with van der Waals surface area (Å²) in [6, 6.07) is 4.58. The summed E-state index contributed by atoms with van der Waals surface area (Å²) in [6.45, 7) is 1.44.